The van der Waals surface area contributed by atoms with Crippen LogP contribution < -0.4 is 0 Å². The van der Waals surface area contributed by atoms with Gasteiger partial charge in [0.05, 0.1) is 0 Å². The molecular weight excluding hydrogens is 462 g/mol. The Kier molecular flexibility index (Phi) is 6.44. The fraction of sp³-hybridized carbons (Fsp3) is 0.536. The minimum atomic E-state index is -3.78. The molecule has 2 aromatic carbocycles. The molecule has 2 saturated carbocycles. The summed E-state index contributed by atoms with van der Waals surface area (Å²) in [5, 5.41) is -2.10. The first kappa shape index (κ1) is 24.7. The van der Waals surface area contributed by atoms with Crippen molar-refractivity contribution >= 4 is 13.4 Å². The van der Waals surface area contributed by atoms with E-state index in [-0.39, 0.29) is 18.5 Å². The van der Waals surface area contributed by atoms with E-state index in [1.54, 1.807) is 20.8 Å². The number of carbonyl (C=O) groups is 1. The zero-order valence-electron chi connectivity index (χ0n) is 20.9. The van der Waals surface area contributed by atoms with Gasteiger partial charge in [0.1, 0.15) is 11.5 Å². The van der Waals surface area contributed by atoms with Crippen LogP contribution in [-0.4, -0.2) is 38.4 Å². The van der Waals surface area contributed by atoms with Gasteiger partial charge >= 0.3 is 5.97 Å². The molecule has 35 heavy (non-hydrogen) atoms. The van der Waals surface area contributed by atoms with Gasteiger partial charge in [0.2, 0.25) is 5.41 Å². The molecule has 0 radical (unpaired) electrons. The molecule has 0 aromatic heterocycles. The van der Waals surface area contributed by atoms with E-state index in [1.807, 2.05) is 70.0 Å². The zero-order chi connectivity index (χ0) is 24.8. The minimum Gasteiger partial charge on any atom is -0.460 e. The van der Waals surface area contributed by atoms with Crippen LogP contribution >= 0.6 is 7.44 Å². The number of carbonyl (C=O) groups excluding carboxylic acids is 1. The summed E-state index contributed by atoms with van der Waals surface area (Å²) in [6, 6.07) is 19.8. The largest absolute Gasteiger partial charge is 0.460 e. The third-order valence-corrected chi connectivity index (χ3v) is 11.3. The van der Waals surface area contributed by atoms with Crippen molar-refractivity contribution in [3.63, 3.8) is 0 Å². The Bertz CT molecular complexity index is 1040. The predicted molar refractivity (Wildman–Crippen MR) is 135 cm³/mol. The second-order valence-corrected chi connectivity index (χ2v) is 14.1. The van der Waals surface area contributed by atoms with E-state index < -0.39 is 30.3 Å². The Morgan fingerprint density at radius 3 is 1.83 bits per heavy atom. The van der Waals surface area contributed by atoms with Crippen molar-refractivity contribution in [3.05, 3.63) is 71.8 Å². The highest BCUT2D eigenvalue weighted by Crippen LogP contribution is 2.81. The number of fused-ring (bicyclic) bond motifs is 1. The van der Waals surface area contributed by atoms with Crippen molar-refractivity contribution in [2.24, 2.45) is 5.92 Å². The summed E-state index contributed by atoms with van der Waals surface area (Å²) in [7, 11) is -3.78. The quantitative estimate of drug-likeness (QED) is 0.335. The lowest BCUT2D eigenvalue weighted by molar-refractivity contribution is -0.157. The molecule has 7 heteroatoms. The van der Waals surface area contributed by atoms with Crippen molar-refractivity contribution in [1.82, 2.24) is 9.34 Å². The molecule has 0 amide bonds. The highest BCUT2D eigenvalue weighted by Gasteiger charge is 2.78. The van der Waals surface area contributed by atoms with E-state index >= 15 is 8.96 Å². The lowest BCUT2D eigenvalue weighted by atomic mass is 9.90. The predicted octanol–water partition coefficient (Wildman–Crippen LogP) is 6.54. The van der Waals surface area contributed by atoms with Gasteiger partial charge in [0, 0.05) is 31.6 Å². The van der Waals surface area contributed by atoms with E-state index in [2.05, 4.69) is 0 Å². The average Bonchev–Trinajstić information content (AvgIpc) is 3.49. The van der Waals surface area contributed by atoms with Gasteiger partial charge in [-0.15, -0.1) is 0 Å². The Morgan fingerprint density at radius 1 is 0.943 bits per heavy atom. The molecule has 188 valence electrons. The van der Waals surface area contributed by atoms with Gasteiger partial charge in [0.15, 0.2) is 0 Å². The summed E-state index contributed by atoms with van der Waals surface area (Å²) in [5.41, 5.74) is 1.31. The van der Waals surface area contributed by atoms with Crippen LogP contribution in [0.1, 0.15) is 64.0 Å². The molecular formula is C28H36FN2O3P. The monoisotopic (exact) mass is 498 g/mol. The first-order valence-corrected chi connectivity index (χ1v) is 14.4. The van der Waals surface area contributed by atoms with Crippen LogP contribution in [0.4, 0.5) is 4.39 Å². The maximum Gasteiger partial charge on any atom is 0.313 e. The van der Waals surface area contributed by atoms with Crippen LogP contribution in [0.15, 0.2) is 60.7 Å². The highest BCUT2D eigenvalue weighted by atomic mass is 31.2. The summed E-state index contributed by atoms with van der Waals surface area (Å²) in [4.78, 5) is 13.0. The highest BCUT2D eigenvalue weighted by molar-refractivity contribution is 7.61. The molecule has 4 atom stereocenters. The number of rotatable bonds is 6. The smallest absolute Gasteiger partial charge is 0.313 e. The van der Waals surface area contributed by atoms with Crippen LogP contribution in [-0.2, 0) is 27.2 Å². The van der Waals surface area contributed by atoms with Crippen LogP contribution in [0.5, 0.6) is 0 Å². The van der Waals surface area contributed by atoms with Gasteiger partial charge in [-0.2, -0.15) is 0 Å². The number of hydrogen-bond donors (Lipinski definition) is 0. The molecule has 5 rings (SSSR count). The molecule has 1 aliphatic heterocycles. The molecule has 0 unspecified atom stereocenters. The Balaban J connectivity index is 1.56. The van der Waals surface area contributed by atoms with Crippen molar-refractivity contribution in [2.45, 2.75) is 89.1 Å². The lowest BCUT2D eigenvalue weighted by Crippen LogP contribution is -2.39. The summed E-state index contributed by atoms with van der Waals surface area (Å²) in [5.74, 6) is -1.58. The molecule has 2 aliphatic carbocycles. The van der Waals surface area contributed by atoms with E-state index in [9.17, 15) is 4.79 Å². The summed E-state index contributed by atoms with van der Waals surface area (Å²) < 4.78 is 41.7. The fourth-order valence-electron chi connectivity index (χ4n) is 5.92. The number of alkyl halides is 1. The van der Waals surface area contributed by atoms with Crippen molar-refractivity contribution < 1.29 is 18.5 Å². The van der Waals surface area contributed by atoms with E-state index in [0.717, 1.165) is 36.8 Å². The Labute approximate surface area is 208 Å². The first-order valence-electron chi connectivity index (χ1n) is 12.8. The van der Waals surface area contributed by atoms with E-state index in [1.165, 1.54) is 0 Å². The fourth-order valence-corrected chi connectivity index (χ4v) is 10.1. The molecule has 1 saturated heterocycles. The van der Waals surface area contributed by atoms with Gasteiger partial charge in [-0.3, -0.25) is 9.36 Å². The second-order valence-electron chi connectivity index (χ2n) is 11.2. The van der Waals surface area contributed by atoms with Crippen molar-refractivity contribution in [2.75, 3.05) is 0 Å². The number of ether oxygens (including phenoxy) is 1. The second kappa shape index (κ2) is 9.14. The van der Waals surface area contributed by atoms with Crippen LogP contribution in [0, 0.1) is 5.92 Å². The number of esters is 1. The molecule has 3 aliphatic rings. The van der Waals surface area contributed by atoms with E-state index in [0.29, 0.717) is 13.1 Å². The standard InChI is InChI=1S/C28H36FN2O3P/c1-27(2,3)34-26(32)23-18-28(23,29)35(33)30(19-21-12-6-4-7-13-21)24-16-10-11-17-25(24)31(35)20-22-14-8-5-9-15-22/h4-9,12-15,23-25H,10-11,16-20H2,1-3H3/t23-,24+,25+,28+/m1/s1. The van der Waals surface area contributed by atoms with Crippen LogP contribution in [0.2, 0.25) is 0 Å². The van der Waals surface area contributed by atoms with Gasteiger partial charge < -0.3 is 4.74 Å². The van der Waals surface area contributed by atoms with Gasteiger partial charge in [-0.05, 0) is 44.7 Å². The molecule has 0 N–H and O–H groups in total. The topological polar surface area (TPSA) is 49.9 Å². The van der Waals surface area contributed by atoms with Gasteiger partial charge in [-0.25, -0.2) is 13.7 Å². The van der Waals surface area contributed by atoms with Crippen LogP contribution in [0.25, 0.3) is 0 Å². The molecule has 5 nitrogen and oxygen atoms in total. The maximum absolute atomic E-state index is 17.0. The molecule has 2 aromatic rings. The van der Waals surface area contributed by atoms with Gasteiger partial charge in [-0.1, -0.05) is 73.5 Å². The Hall–Kier alpha value is -2.01. The normalized spacial score (nSPS) is 30.6. The lowest BCUT2D eigenvalue weighted by Gasteiger charge is -2.35. The number of benzene rings is 2. The van der Waals surface area contributed by atoms with Crippen molar-refractivity contribution in [3.8, 4) is 0 Å². The molecule has 0 bridgehead atoms. The minimum absolute atomic E-state index is 0.00557. The summed E-state index contributed by atoms with van der Waals surface area (Å²) in [6.45, 7) is 6.17. The number of nitrogens with zero attached hydrogens (tertiary/aromatic N) is 2. The van der Waals surface area contributed by atoms with Crippen LogP contribution in [0.3, 0.4) is 0 Å². The SMILES string of the molecule is CC(C)(C)OC(=O)[C@H]1C[C@]1(F)P1(=O)N(Cc2ccccc2)[C@H]2CCCC[C@@H]2N1Cc1ccccc1. The molecule has 0 spiro atoms. The molecule has 3 fully saturated rings. The third-order valence-electron chi connectivity index (χ3n) is 7.57. The van der Waals surface area contributed by atoms with Crippen molar-refractivity contribution in [1.29, 1.82) is 0 Å². The molecule has 1 heterocycles. The summed E-state index contributed by atoms with van der Waals surface area (Å²) >= 11 is 0. The van der Waals surface area contributed by atoms with Gasteiger partial charge in [0.25, 0.3) is 7.44 Å². The third kappa shape index (κ3) is 4.50. The Morgan fingerprint density at radius 2 is 1.40 bits per heavy atom. The maximum atomic E-state index is 17.0. The number of halogens is 1. The number of hydrogen-bond acceptors (Lipinski definition) is 3. The zero-order valence-corrected chi connectivity index (χ0v) is 21.8. The first-order chi connectivity index (χ1) is 16.6. The summed E-state index contributed by atoms with van der Waals surface area (Å²) in [6.07, 6.45) is 3.82. The van der Waals surface area contributed by atoms with E-state index in [4.69, 9.17) is 4.74 Å². The average molecular weight is 499 g/mol.